The van der Waals surface area contributed by atoms with E-state index in [2.05, 4.69) is 20.6 Å². The highest BCUT2D eigenvalue weighted by Gasteiger charge is 2.27. The zero-order chi connectivity index (χ0) is 16.9. The van der Waals surface area contributed by atoms with Crippen LogP contribution in [0.2, 0.25) is 0 Å². The van der Waals surface area contributed by atoms with E-state index < -0.39 is 5.60 Å². The van der Waals surface area contributed by atoms with Crippen molar-refractivity contribution in [2.75, 3.05) is 13.1 Å². The van der Waals surface area contributed by atoms with Crippen molar-refractivity contribution in [2.45, 2.75) is 39.8 Å². The Kier molecular flexibility index (Phi) is 8.17. The maximum absolute atomic E-state index is 10.6. The molecule has 8 heteroatoms. The molecule has 0 saturated heterocycles. The zero-order valence-corrected chi connectivity index (χ0v) is 17.6. The molecule has 1 unspecified atom stereocenters. The number of aryl methyl sites for hydroxylation is 2. The van der Waals surface area contributed by atoms with Crippen LogP contribution >= 0.6 is 35.3 Å². The van der Waals surface area contributed by atoms with Gasteiger partial charge in [-0.15, -0.1) is 35.3 Å². The lowest BCUT2D eigenvalue weighted by atomic mass is 10.0. The predicted molar refractivity (Wildman–Crippen MR) is 108 cm³/mol. The van der Waals surface area contributed by atoms with Gasteiger partial charge in [0.25, 0.3) is 0 Å². The van der Waals surface area contributed by atoms with Gasteiger partial charge in [0, 0.05) is 11.4 Å². The van der Waals surface area contributed by atoms with Gasteiger partial charge in [-0.05, 0) is 39.8 Å². The minimum Gasteiger partial charge on any atom is -0.463 e. The lowest BCUT2D eigenvalue weighted by Gasteiger charge is -2.22. The Hall–Kier alpha value is -1.13. The fourth-order valence-electron chi connectivity index (χ4n) is 2.04. The van der Waals surface area contributed by atoms with E-state index in [0.717, 1.165) is 22.9 Å². The number of nitrogens with one attached hydrogen (secondary N) is 2. The number of rotatable bonds is 6. The van der Waals surface area contributed by atoms with Gasteiger partial charge in [-0.25, -0.2) is 9.98 Å². The molecule has 2 heterocycles. The number of aliphatic imine (C=N–C) groups is 1. The van der Waals surface area contributed by atoms with Gasteiger partial charge >= 0.3 is 0 Å². The van der Waals surface area contributed by atoms with E-state index in [4.69, 9.17) is 4.42 Å². The highest BCUT2D eigenvalue weighted by atomic mass is 127. The number of hydrogen-bond acceptors (Lipinski definition) is 5. The lowest BCUT2D eigenvalue weighted by molar-refractivity contribution is 0.0378. The minimum absolute atomic E-state index is 0. The zero-order valence-electron chi connectivity index (χ0n) is 14.4. The molecule has 0 fully saturated rings. The van der Waals surface area contributed by atoms with Gasteiger partial charge in [0.05, 0.1) is 24.3 Å². The Balaban J connectivity index is 0.00000288. The smallest absolute Gasteiger partial charge is 0.191 e. The molecule has 134 valence electrons. The van der Waals surface area contributed by atoms with Crippen molar-refractivity contribution in [1.82, 2.24) is 15.6 Å². The summed E-state index contributed by atoms with van der Waals surface area (Å²) >= 11 is 1.59. The molecule has 0 aliphatic carbocycles. The number of guanidine groups is 1. The second-order valence-electron chi connectivity index (χ2n) is 5.59. The number of aromatic nitrogens is 1. The van der Waals surface area contributed by atoms with Crippen LogP contribution in [-0.2, 0) is 12.1 Å². The Morgan fingerprint density at radius 3 is 2.67 bits per heavy atom. The summed E-state index contributed by atoms with van der Waals surface area (Å²) < 4.78 is 5.52. The van der Waals surface area contributed by atoms with Crippen LogP contribution in [0.5, 0.6) is 0 Å². The SMILES string of the molecule is CCNC(=NCc1scnc1C)NCC(C)(O)c1ccc(C)o1.I. The average molecular weight is 464 g/mol. The normalized spacial score (nSPS) is 14.0. The van der Waals surface area contributed by atoms with Crippen LogP contribution in [0.15, 0.2) is 27.1 Å². The third kappa shape index (κ3) is 5.75. The van der Waals surface area contributed by atoms with E-state index >= 15 is 0 Å². The van der Waals surface area contributed by atoms with Crippen LogP contribution in [0.4, 0.5) is 0 Å². The topological polar surface area (TPSA) is 82.7 Å². The van der Waals surface area contributed by atoms with Gasteiger partial charge in [-0.1, -0.05) is 0 Å². The van der Waals surface area contributed by atoms with Crippen molar-refractivity contribution in [3.63, 3.8) is 0 Å². The van der Waals surface area contributed by atoms with Crippen LogP contribution in [0.3, 0.4) is 0 Å². The first kappa shape index (κ1) is 20.9. The van der Waals surface area contributed by atoms with Crippen LogP contribution < -0.4 is 10.6 Å². The van der Waals surface area contributed by atoms with Crippen molar-refractivity contribution in [3.05, 3.63) is 39.7 Å². The number of halogens is 1. The molecule has 0 radical (unpaired) electrons. The fourth-order valence-corrected chi connectivity index (χ4v) is 2.74. The molecule has 2 rings (SSSR count). The first-order chi connectivity index (χ1) is 10.9. The third-order valence-corrected chi connectivity index (χ3v) is 4.36. The van der Waals surface area contributed by atoms with E-state index in [1.807, 2.05) is 32.3 Å². The number of aliphatic hydroxyl groups is 1. The summed E-state index contributed by atoms with van der Waals surface area (Å²) in [4.78, 5) is 9.90. The molecule has 0 aliphatic heterocycles. The van der Waals surface area contributed by atoms with E-state index in [0.29, 0.717) is 24.8 Å². The third-order valence-electron chi connectivity index (χ3n) is 3.44. The number of hydrogen-bond donors (Lipinski definition) is 3. The summed E-state index contributed by atoms with van der Waals surface area (Å²) in [5, 5.41) is 16.9. The quantitative estimate of drug-likeness (QED) is 0.348. The second-order valence-corrected chi connectivity index (χ2v) is 6.53. The molecular formula is C16H25IN4O2S. The first-order valence-corrected chi connectivity index (χ1v) is 8.50. The summed E-state index contributed by atoms with van der Waals surface area (Å²) in [7, 11) is 0. The number of furan rings is 1. The molecular weight excluding hydrogens is 439 g/mol. The first-order valence-electron chi connectivity index (χ1n) is 7.63. The summed E-state index contributed by atoms with van der Waals surface area (Å²) in [5.41, 5.74) is 1.72. The summed E-state index contributed by atoms with van der Waals surface area (Å²) in [6.45, 7) is 9.16. The molecule has 0 aromatic carbocycles. The molecule has 0 amide bonds. The molecule has 0 bridgehead atoms. The highest BCUT2D eigenvalue weighted by Crippen LogP contribution is 2.21. The highest BCUT2D eigenvalue weighted by molar-refractivity contribution is 14.0. The molecule has 1 atom stereocenters. The molecule has 3 N–H and O–H groups in total. The monoisotopic (exact) mass is 464 g/mol. The maximum Gasteiger partial charge on any atom is 0.191 e. The fraction of sp³-hybridized carbons (Fsp3) is 0.500. The Bertz CT molecular complexity index is 667. The molecule has 24 heavy (non-hydrogen) atoms. The van der Waals surface area contributed by atoms with Gasteiger partial charge in [0.1, 0.15) is 17.1 Å². The molecule has 0 saturated carbocycles. The largest absolute Gasteiger partial charge is 0.463 e. The van der Waals surface area contributed by atoms with Gasteiger partial charge < -0.3 is 20.2 Å². The van der Waals surface area contributed by atoms with Gasteiger partial charge in [-0.2, -0.15) is 0 Å². The van der Waals surface area contributed by atoms with Gasteiger partial charge in [-0.3, -0.25) is 0 Å². The van der Waals surface area contributed by atoms with Crippen LogP contribution in [-0.4, -0.2) is 29.1 Å². The number of nitrogens with zero attached hydrogens (tertiary/aromatic N) is 2. The van der Waals surface area contributed by atoms with Crippen molar-refractivity contribution < 1.29 is 9.52 Å². The van der Waals surface area contributed by atoms with E-state index in [9.17, 15) is 5.11 Å². The van der Waals surface area contributed by atoms with Crippen molar-refractivity contribution >= 4 is 41.3 Å². The van der Waals surface area contributed by atoms with Crippen LogP contribution in [0.25, 0.3) is 0 Å². The van der Waals surface area contributed by atoms with Crippen LogP contribution in [0, 0.1) is 13.8 Å². The predicted octanol–water partition coefficient (Wildman–Crippen LogP) is 2.93. The molecule has 6 nitrogen and oxygen atoms in total. The van der Waals surface area contributed by atoms with E-state index in [1.165, 1.54) is 0 Å². The van der Waals surface area contributed by atoms with Gasteiger partial charge in [0.15, 0.2) is 5.96 Å². The molecule has 0 aliphatic rings. The Labute approximate surface area is 163 Å². The minimum atomic E-state index is -1.11. The average Bonchev–Trinajstić information content (AvgIpc) is 3.11. The summed E-state index contributed by atoms with van der Waals surface area (Å²) in [6.07, 6.45) is 0. The van der Waals surface area contributed by atoms with E-state index in [1.54, 1.807) is 24.3 Å². The van der Waals surface area contributed by atoms with Gasteiger partial charge in [0.2, 0.25) is 0 Å². The van der Waals surface area contributed by atoms with Crippen LogP contribution in [0.1, 0.15) is 35.9 Å². The van der Waals surface area contributed by atoms with Crippen molar-refractivity contribution in [3.8, 4) is 0 Å². The molecule has 0 spiro atoms. The molecule has 2 aromatic rings. The summed E-state index contributed by atoms with van der Waals surface area (Å²) in [6, 6.07) is 3.64. The van der Waals surface area contributed by atoms with E-state index in [-0.39, 0.29) is 24.0 Å². The van der Waals surface area contributed by atoms with Crippen molar-refractivity contribution in [2.24, 2.45) is 4.99 Å². The Morgan fingerprint density at radius 1 is 1.38 bits per heavy atom. The standard InChI is InChI=1S/C16H24N4O2S.HI/c1-5-17-15(18-8-13-12(3)20-10-23-13)19-9-16(4,21)14-7-6-11(2)22-14;/h6-7,10,21H,5,8-9H2,1-4H3,(H2,17,18,19);1H. The second kappa shape index (κ2) is 9.38. The van der Waals surface area contributed by atoms with Crippen molar-refractivity contribution in [1.29, 1.82) is 0 Å². The Morgan fingerprint density at radius 2 is 2.12 bits per heavy atom. The maximum atomic E-state index is 10.6. The summed E-state index contributed by atoms with van der Waals surface area (Å²) in [5.74, 6) is 1.97. The molecule has 2 aromatic heterocycles. The number of thiazole rings is 1. The lowest BCUT2D eigenvalue weighted by Crippen LogP contribution is -2.44.